The third-order valence-electron chi connectivity index (χ3n) is 4.94. The summed E-state index contributed by atoms with van der Waals surface area (Å²) in [6.07, 6.45) is 2.09. The van der Waals surface area contributed by atoms with Crippen molar-refractivity contribution in [2.45, 2.75) is 66.9 Å². The van der Waals surface area contributed by atoms with E-state index in [4.69, 9.17) is 4.74 Å². The van der Waals surface area contributed by atoms with E-state index in [1.54, 1.807) is 0 Å². The minimum atomic E-state index is -0.427. The summed E-state index contributed by atoms with van der Waals surface area (Å²) < 4.78 is 5.29. The molecule has 0 spiro atoms. The molecule has 1 aliphatic carbocycles. The summed E-state index contributed by atoms with van der Waals surface area (Å²) in [5.74, 6) is 0.697. The van der Waals surface area contributed by atoms with E-state index in [1.165, 1.54) is 6.42 Å². The highest BCUT2D eigenvalue weighted by atomic mass is 16.6. The van der Waals surface area contributed by atoms with Crippen molar-refractivity contribution < 1.29 is 9.53 Å². The first-order chi connectivity index (χ1) is 7.98. The number of nitrogens with one attached hydrogen (secondary N) is 1. The van der Waals surface area contributed by atoms with Gasteiger partial charge in [0.15, 0.2) is 0 Å². The minimum Gasteiger partial charge on any atom is -0.444 e. The second-order valence-corrected chi connectivity index (χ2v) is 7.58. The fraction of sp³-hybridized carbons (Fsp3) is 0.933. The van der Waals surface area contributed by atoms with Crippen molar-refractivity contribution in [3.63, 3.8) is 0 Å². The van der Waals surface area contributed by atoms with Gasteiger partial charge in [-0.3, -0.25) is 0 Å². The van der Waals surface area contributed by atoms with Gasteiger partial charge in [0.05, 0.1) is 0 Å². The molecule has 3 nitrogen and oxygen atoms in total. The van der Waals surface area contributed by atoms with Crippen LogP contribution in [-0.4, -0.2) is 18.2 Å². The molecule has 2 atom stereocenters. The topological polar surface area (TPSA) is 38.3 Å². The Hall–Kier alpha value is -0.730. The van der Waals surface area contributed by atoms with Gasteiger partial charge in [-0.1, -0.05) is 27.7 Å². The summed E-state index contributed by atoms with van der Waals surface area (Å²) in [5, 5.41) is 2.94. The largest absolute Gasteiger partial charge is 0.444 e. The van der Waals surface area contributed by atoms with Crippen LogP contribution in [0.1, 0.15) is 61.3 Å². The molecule has 0 aromatic rings. The maximum atomic E-state index is 11.7. The van der Waals surface area contributed by atoms with Crippen LogP contribution < -0.4 is 5.32 Å². The lowest BCUT2D eigenvalue weighted by atomic mass is 9.66. The van der Waals surface area contributed by atoms with Crippen LogP contribution in [0, 0.1) is 16.7 Å². The number of ether oxygens (including phenoxy) is 1. The van der Waals surface area contributed by atoms with Gasteiger partial charge in [-0.15, -0.1) is 0 Å². The highest BCUT2D eigenvalue weighted by Gasteiger charge is 2.49. The fourth-order valence-corrected chi connectivity index (χ4v) is 2.71. The van der Waals surface area contributed by atoms with Crippen molar-refractivity contribution in [1.29, 1.82) is 0 Å². The Morgan fingerprint density at radius 1 is 1.33 bits per heavy atom. The molecular weight excluding hydrogens is 226 g/mol. The van der Waals surface area contributed by atoms with Crippen molar-refractivity contribution in [3.05, 3.63) is 0 Å². The third kappa shape index (κ3) is 3.18. The maximum absolute atomic E-state index is 11.7. The molecule has 1 saturated carbocycles. The zero-order valence-corrected chi connectivity index (χ0v) is 13.0. The molecule has 18 heavy (non-hydrogen) atoms. The van der Waals surface area contributed by atoms with Crippen molar-refractivity contribution in [3.8, 4) is 0 Å². The summed E-state index contributed by atoms with van der Waals surface area (Å²) >= 11 is 0. The lowest BCUT2D eigenvalue weighted by Crippen LogP contribution is -2.44. The molecule has 1 N–H and O–H groups in total. The molecule has 1 fully saturated rings. The Labute approximate surface area is 112 Å². The second-order valence-electron chi connectivity index (χ2n) is 7.58. The van der Waals surface area contributed by atoms with Crippen molar-refractivity contribution in [2.75, 3.05) is 6.54 Å². The molecule has 0 radical (unpaired) electrons. The van der Waals surface area contributed by atoms with E-state index >= 15 is 0 Å². The molecule has 0 heterocycles. The number of carbonyl (C=O) groups excluding carboxylic acids is 1. The summed E-state index contributed by atoms with van der Waals surface area (Å²) in [6, 6.07) is 0. The maximum Gasteiger partial charge on any atom is 0.407 e. The first-order valence-electron chi connectivity index (χ1n) is 6.95. The average Bonchev–Trinajstić information content (AvgIpc) is 2.38. The molecule has 1 rings (SSSR count). The lowest BCUT2D eigenvalue weighted by molar-refractivity contribution is 0.0428. The van der Waals surface area contributed by atoms with E-state index in [0.717, 1.165) is 6.42 Å². The van der Waals surface area contributed by atoms with E-state index in [2.05, 4.69) is 33.0 Å². The van der Waals surface area contributed by atoms with Gasteiger partial charge in [-0.25, -0.2) is 4.79 Å². The summed E-state index contributed by atoms with van der Waals surface area (Å²) in [6.45, 7) is 15.5. The van der Waals surface area contributed by atoms with Crippen LogP contribution in [0.3, 0.4) is 0 Å². The first kappa shape index (κ1) is 15.3. The number of hydrogen-bond donors (Lipinski definition) is 1. The quantitative estimate of drug-likeness (QED) is 0.810. The highest BCUT2D eigenvalue weighted by Crippen LogP contribution is 2.55. The number of carbonyl (C=O) groups is 1. The van der Waals surface area contributed by atoms with Crippen molar-refractivity contribution in [2.24, 2.45) is 16.7 Å². The SMILES string of the molecule is C[C@@H]1CC[C@](C)(CNC(=O)OC(C)(C)C)C1(C)C. The Balaban J connectivity index is 2.56. The van der Waals surface area contributed by atoms with Crippen LogP contribution in [0.5, 0.6) is 0 Å². The Kier molecular flexibility index (Phi) is 4.04. The highest BCUT2D eigenvalue weighted by molar-refractivity contribution is 5.67. The average molecular weight is 255 g/mol. The molecule has 3 heteroatoms. The van der Waals surface area contributed by atoms with E-state index < -0.39 is 5.60 Å². The van der Waals surface area contributed by atoms with Crippen LogP contribution in [0.15, 0.2) is 0 Å². The molecule has 0 bridgehead atoms. The van der Waals surface area contributed by atoms with Gasteiger partial charge in [0.2, 0.25) is 0 Å². The molecule has 0 unspecified atom stereocenters. The van der Waals surface area contributed by atoms with Crippen LogP contribution in [0.25, 0.3) is 0 Å². The second kappa shape index (κ2) is 4.75. The van der Waals surface area contributed by atoms with E-state index in [-0.39, 0.29) is 16.9 Å². The number of alkyl carbamates (subject to hydrolysis) is 1. The zero-order valence-electron chi connectivity index (χ0n) is 13.0. The molecular formula is C15H29NO2. The number of amides is 1. The van der Waals surface area contributed by atoms with Gasteiger partial charge in [-0.05, 0) is 50.4 Å². The van der Waals surface area contributed by atoms with Crippen molar-refractivity contribution in [1.82, 2.24) is 5.32 Å². The number of hydrogen-bond acceptors (Lipinski definition) is 2. The standard InChI is InChI=1S/C15H29NO2/c1-11-8-9-15(7,14(11,5)6)10-16-12(17)18-13(2,3)4/h11H,8-10H2,1-7H3,(H,16,17)/t11-,15-/m1/s1. The lowest BCUT2D eigenvalue weighted by Gasteiger charge is -2.41. The van der Waals surface area contributed by atoms with Gasteiger partial charge in [-0.2, -0.15) is 0 Å². The predicted octanol–water partition coefficient (Wildman–Crippen LogP) is 3.97. The summed E-state index contributed by atoms with van der Waals surface area (Å²) in [7, 11) is 0. The normalized spacial score (nSPS) is 31.2. The smallest absolute Gasteiger partial charge is 0.407 e. The Bertz CT molecular complexity index is 317. The molecule has 1 amide bonds. The predicted molar refractivity (Wildman–Crippen MR) is 74.5 cm³/mol. The minimum absolute atomic E-state index is 0.156. The van der Waals surface area contributed by atoms with Gasteiger partial charge in [0.25, 0.3) is 0 Å². The van der Waals surface area contributed by atoms with Crippen molar-refractivity contribution >= 4 is 6.09 Å². The summed E-state index contributed by atoms with van der Waals surface area (Å²) in [5.41, 5.74) is -0.0190. The molecule has 1 aliphatic rings. The Morgan fingerprint density at radius 3 is 2.28 bits per heavy atom. The Morgan fingerprint density at radius 2 is 1.89 bits per heavy atom. The fourth-order valence-electron chi connectivity index (χ4n) is 2.71. The van der Waals surface area contributed by atoms with Crippen LogP contribution >= 0.6 is 0 Å². The summed E-state index contributed by atoms with van der Waals surface area (Å²) in [4.78, 5) is 11.7. The molecule has 0 aromatic heterocycles. The van der Waals surface area contributed by atoms with E-state index in [0.29, 0.717) is 12.5 Å². The molecule has 0 aromatic carbocycles. The zero-order chi connectivity index (χ0) is 14.2. The molecule has 106 valence electrons. The van der Waals surface area contributed by atoms with Crippen LogP contribution in [-0.2, 0) is 4.74 Å². The monoisotopic (exact) mass is 255 g/mol. The third-order valence-corrected chi connectivity index (χ3v) is 4.94. The number of rotatable bonds is 2. The van der Waals surface area contributed by atoms with Crippen LogP contribution in [0.2, 0.25) is 0 Å². The molecule has 0 aliphatic heterocycles. The van der Waals surface area contributed by atoms with Gasteiger partial charge >= 0.3 is 6.09 Å². The van der Waals surface area contributed by atoms with Crippen LogP contribution in [0.4, 0.5) is 4.79 Å². The van der Waals surface area contributed by atoms with Gasteiger partial charge in [0, 0.05) is 6.54 Å². The van der Waals surface area contributed by atoms with Gasteiger partial charge < -0.3 is 10.1 Å². The molecule has 0 saturated heterocycles. The van der Waals surface area contributed by atoms with E-state index in [9.17, 15) is 4.79 Å². The first-order valence-corrected chi connectivity index (χ1v) is 6.95. The van der Waals surface area contributed by atoms with E-state index in [1.807, 2.05) is 20.8 Å². The van der Waals surface area contributed by atoms with Gasteiger partial charge in [0.1, 0.15) is 5.60 Å².